The van der Waals surface area contributed by atoms with Gasteiger partial charge in [0.1, 0.15) is 0 Å². The van der Waals surface area contributed by atoms with Crippen LogP contribution in [0.2, 0.25) is 0 Å². The van der Waals surface area contributed by atoms with E-state index in [0.717, 1.165) is 44.8 Å². The maximum absolute atomic E-state index is 8.78. The van der Waals surface area contributed by atoms with Crippen molar-refractivity contribution in [1.82, 2.24) is 19.9 Å². The van der Waals surface area contributed by atoms with E-state index >= 15 is 0 Å². The quantitative estimate of drug-likeness (QED) is 0.325. The first-order valence-electron chi connectivity index (χ1n) is 8.56. The maximum atomic E-state index is 8.78. The lowest BCUT2D eigenvalue weighted by Gasteiger charge is -1.85. The van der Waals surface area contributed by atoms with Crippen LogP contribution in [0.3, 0.4) is 0 Å². The number of rotatable bonds is 0. The van der Waals surface area contributed by atoms with E-state index in [1.165, 1.54) is 0 Å². The van der Waals surface area contributed by atoms with Gasteiger partial charge in [-0.15, -0.1) is 0 Å². The van der Waals surface area contributed by atoms with Crippen LogP contribution in [0.25, 0.3) is 46.4 Å². The summed E-state index contributed by atoms with van der Waals surface area (Å²) in [5, 5.41) is 7.19. The average Bonchev–Trinajstić information content (AvgIpc) is 3.39. The minimum absolute atomic E-state index is 0.939. The Morgan fingerprint density at radius 3 is 1.18 bits per heavy atom. The number of hydrogen-bond acceptors (Lipinski definition) is 3. The van der Waals surface area contributed by atoms with Gasteiger partial charge in [0.2, 0.25) is 0 Å². The Balaban J connectivity index is 0.000000442. The van der Waals surface area contributed by atoms with Crippen molar-refractivity contribution in [2.75, 3.05) is 0 Å². The van der Waals surface area contributed by atoms with Gasteiger partial charge in [0.25, 0.3) is 0 Å². The number of aromatic amines is 2. The van der Waals surface area contributed by atoms with Crippen LogP contribution in [0.15, 0.2) is 48.5 Å². The zero-order valence-corrected chi connectivity index (χ0v) is 14.8. The highest BCUT2D eigenvalue weighted by atomic mass is 16.4. The van der Waals surface area contributed by atoms with Gasteiger partial charge in [0.05, 0.1) is 22.8 Å². The summed E-state index contributed by atoms with van der Waals surface area (Å²) in [6, 6.07) is 16.4. The SMILES string of the molecule is C1=Cc2cc3ccc(cc4nc(cc5ccc(cc1n2)[nH]5)C=C4)[nH]3.NC(=O)O. The number of carboxylic acid groups (broad SMARTS) is 1. The molecule has 5 N–H and O–H groups in total. The van der Waals surface area contributed by atoms with Gasteiger partial charge in [0.15, 0.2) is 0 Å². The van der Waals surface area contributed by atoms with E-state index in [4.69, 9.17) is 9.90 Å². The molecule has 0 aromatic carbocycles. The molecule has 2 aliphatic rings. The van der Waals surface area contributed by atoms with E-state index in [2.05, 4.69) is 49.9 Å². The Kier molecular flexibility index (Phi) is 4.47. The molecule has 0 unspecified atom stereocenters. The second kappa shape index (κ2) is 7.24. The molecular weight excluding hydrogens is 354 g/mol. The summed E-state index contributed by atoms with van der Waals surface area (Å²) >= 11 is 0. The molecule has 1 amide bonds. The fourth-order valence-electron chi connectivity index (χ4n) is 2.94. The van der Waals surface area contributed by atoms with Gasteiger partial charge in [-0.1, -0.05) is 0 Å². The van der Waals surface area contributed by atoms with Gasteiger partial charge in [-0.05, 0) is 72.8 Å². The van der Waals surface area contributed by atoms with E-state index < -0.39 is 6.09 Å². The largest absolute Gasteiger partial charge is 0.465 e. The number of primary amides is 1. The summed E-state index contributed by atoms with van der Waals surface area (Å²) in [7, 11) is 0. The van der Waals surface area contributed by atoms with Gasteiger partial charge in [0, 0.05) is 22.1 Å². The summed E-state index contributed by atoms with van der Waals surface area (Å²) in [5.41, 5.74) is 11.9. The van der Waals surface area contributed by atoms with Gasteiger partial charge in [-0.25, -0.2) is 14.8 Å². The molecule has 0 saturated heterocycles. The third-order valence-electron chi connectivity index (χ3n) is 4.04. The highest BCUT2D eigenvalue weighted by molar-refractivity contribution is 5.77. The predicted octanol–water partition coefficient (Wildman–Crippen LogP) is 4.28. The van der Waals surface area contributed by atoms with Crippen LogP contribution >= 0.6 is 0 Å². The third kappa shape index (κ3) is 4.16. The summed E-state index contributed by atoms with van der Waals surface area (Å²) < 4.78 is 0. The molecule has 0 atom stereocenters. The van der Waals surface area contributed by atoms with Crippen molar-refractivity contribution in [3.05, 3.63) is 71.3 Å². The Bertz CT molecular complexity index is 1090. The predicted molar refractivity (Wildman–Crippen MR) is 111 cm³/mol. The summed E-state index contributed by atoms with van der Waals surface area (Å²) in [4.78, 5) is 24.8. The maximum Gasteiger partial charge on any atom is 0.402 e. The monoisotopic (exact) mass is 371 g/mol. The molecule has 8 bridgehead atoms. The molecule has 0 radical (unpaired) electrons. The van der Waals surface area contributed by atoms with Gasteiger partial charge >= 0.3 is 6.09 Å². The molecule has 7 nitrogen and oxygen atoms in total. The first-order valence-corrected chi connectivity index (χ1v) is 8.56. The zero-order valence-electron chi connectivity index (χ0n) is 14.8. The minimum Gasteiger partial charge on any atom is -0.465 e. The second-order valence-electron chi connectivity index (χ2n) is 6.24. The number of fused-ring (bicyclic) bond motifs is 8. The topological polar surface area (TPSA) is 121 Å². The average molecular weight is 371 g/mol. The Labute approximate surface area is 159 Å². The van der Waals surface area contributed by atoms with Crippen molar-refractivity contribution in [3.63, 3.8) is 0 Å². The fraction of sp³-hybridized carbons (Fsp3) is 0. The van der Waals surface area contributed by atoms with Crippen LogP contribution in [0.1, 0.15) is 22.8 Å². The van der Waals surface area contributed by atoms with E-state index in [9.17, 15) is 0 Å². The van der Waals surface area contributed by atoms with Crippen molar-refractivity contribution < 1.29 is 9.90 Å². The summed E-state index contributed by atoms with van der Waals surface area (Å²) in [5.74, 6) is 0. The first-order chi connectivity index (χ1) is 13.5. The zero-order chi connectivity index (χ0) is 19.5. The lowest BCUT2D eigenvalue weighted by molar-refractivity contribution is 0.205. The van der Waals surface area contributed by atoms with Gasteiger partial charge in [-0.3, -0.25) is 0 Å². The van der Waals surface area contributed by atoms with Gasteiger partial charge in [-0.2, -0.15) is 0 Å². The van der Waals surface area contributed by atoms with Crippen molar-refractivity contribution in [3.8, 4) is 0 Å². The number of H-pyrrole nitrogens is 2. The normalized spacial score (nSPS) is 11.7. The molecule has 0 saturated carbocycles. The van der Waals surface area contributed by atoms with Crippen molar-refractivity contribution in [2.24, 2.45) is 5.73 Å². The van der Waals surface area contributed by atoms with E-state index in [-0.39, 0.29) is 0 Å². The Hall–Kier alpha value is -4.13. The van der Waals surface area contributed by atoms with Crippen molar-refractivity contribution in [2.45, 2.75) is 0 Å². The molecule has 3 aromatic heterocycles. The number of carbonyl (C=O) groups is 1. The highest BCUT2D eigenvalue weighted by Gasteiger charge is 2.01. The molecule has 0 fully saturated rings. The highest BCUT2D eigenvalue weighted by Crippen LogP contribution is 2.16. The number of nitrogens with two attached hydrogens (primary N) is 1. The van der Waals surface area contributed by atoms with Gasteiger partial charge < -0.3 is 20.8 Å². The lowest BCUT2D eigenvalue weighted by atomic mass is 10.3. The molecular formula is C21H17N5O2. The molecule has 2 aliphatic heterocycles. The first kappa shape index (κ1) is 17.3. The third-order valence-corrected chi connectivity index (χ3v) is 4.04. The smallest absolute Gasteiger partial charge is 0.402 e. The lowest BCUT2D eigenvalue weighted by Crippen LogP contribution is -2.03. The number of nitrogens with one attached hydrogen (secondary N) is 2. The summed E-state index contributed by atoms with van der Waals surface area (Å²) in [6.07, 6.45) is 6.76. The molecule has 3 aromatic rings. The van der Waals surface area contributed by atoms with Crippen LogP contribution in [-0.4, -0.2) is 31.1 Å². The fourth-order valence-corrected chi connectivity index (χ4v) is 2.94. The molecule has 7 heteroatoms. The molecule has 5 rings (SSSR count). The number of amides is 1. The Morgan fingerprint density at radius 1 is 0.679 bits per heavy atom. The summed E-state index contributed by atoms with van der Waals surface area (Å²) in [6.45, 7) is 0. The molecule has 0 spiro atoms. The molecule has 28 heavy (non-hydrogen) atoms. The molecule has 5 heterocycles. The van der Waals surface area contributed by atoms with Crippen molar-refractivity contribution >= 4 is 52.5 Å². The van der Waals surface area contributed by atoms with E-state index in [0.29, 0.717) is 0 Å². The van der Waals surface area contributed by atoms with Crippen LogP contribution in [-0.2, 0) is 0 Å². The number of aromatic nitrogens is 4. The standard InChI is InChI=1S/C20H14N4.CH3NO2/c1-2-14-10-16-5-6-18(23-16)12-20-8-7-19(24-20)11-17-4-3-15(22-17)9-13(1)21-14;2-1(3)4/h1-12,21,24H;2H2,(H,3,4). The van der Waals surface area contributed by atoms with Crippen LogP contribution in [0, 0.1) is 0 Å². The van der Waals surface area contributed by atoms with E-state index in [1.807, 2.05) is 48.6 Å². The van der Waals surface area contributed by atoms with Crippen LogP contribution in [0.4, 0.5) is 4.79 Å². The van der Waals surface area contributed by atoms with Crippen LogP contribution < -0.4 is 5.73 Å². The second-order valence-corrected chi connectivity index (χ2v) is 6.24. The molecule has 138 valence electrons. The van der Waals surface area contributed by atoms with Crippen LogP contribution in [0.5, 0.6) is 0 Å². The number of nitrogens with zero attached hydrogens (tertiary/aromatic N) is 2. The Morgan fingerprint density at radius 2 is 0.929 bits per heavy atom. The number of hydrogen-bond donors (Lipinski definition) is 4. The van der Waals surface area contributed by atoms with E-state index in [1.54, 1.807) is 0 Å². The van der Waals surface area contributed by atoms with Crippen molar-refractivity contribution in [1.29, 1.82) is 0 Å². The molecule has 0 aliphatic carbocycles. The minimum atomic E-state index is -1.33.